The average Bonchev–Trinajstić information content (AvgIpc) is 2.69. The first kappa shape index (κ1) is 19.6. The lowest BCUT2D eigenvalue weighted by atomic mass is 10.1. The molecular weight excluding hydrogens is 336 g/mol. The topological polar surface area (TPSA) is 51.6 Å². The highest BCUT2D eigenvalue weighted by molar-refractivity contribution is 5.51. The van der Waals surface area contributed by atoms with Gasteiger partial charge in [0.2, 0.25) is 0 Å². The molecule has 0 radical (unpaired) electrons. The van der Waals surface area contributed by atoms with Crippen molar-refractivity contribution in [2.75, 3.05) is 30.4 Å². The van der Waals surface area contributed by atoms with E-state index in [0.717, 1.165) is 44.8 Å². The van der Waals surface area contributed by atoms with Crippen LogP contribution in [0, 0.1) is 0 Å². The molecule has 0 unspecified atom stereocenters. The normalized spacial score (nSPS) is 15.9. The molecule has 1 aliphatic heterocycles. The molecule has 0 spiro atoms. The van der Waals surface area contributed by atoms with Gasteiger partial charge >= 0.3 is 0 Å². The lowest BCUT2D eigenvalue weighted by Gasteiger charge is -2.30. The maximum absolute atomic E-state index is 9.69. The number of aliphatic hydroxyl groups excluding tert-OH is 1. The lowest BCUT2D eigenvalue weighted by molar-refractivity contribution is 0.0793. The van der Waals surface area contributed by atoms with Crippen molar-refractivity contribution in [1.29, 1.82) is 0 Å². The van der Waals surface area contributed by atoms with Gasteiger partial charge in [-0.15, -0.1) is 0 Å². The van der Waals surface area contributed by atoms with Crippen LogP contribution in [-0.2, 0) is 13.1 Å². The van der Waals surface area contributed by atoms with Crippen LogP contribution in [0.15, 0.2) is 42.6 Å². The number of rotatable bonds is 7. The molecule has 3 rings (SSSR count). The van der Waals surface area contributed by atoms with E-state index in [4.69, 9.17) is 0 Å². The van der Waals surface area contributed by atoms with Gasteiger partial charge < -0.3 is 15.3 Å². The molecule has 0 aliphatic carbocycles. The van der Waals surface area contributed by atoms with Gasteiger partial charge in [0.05, 0.1) is 6.10 Å². The Labute approximate surface area is 163 Å². The molecule has 5 heteroatoms. The van der Waals surface area contributed by atoms with E-state index in [-0.39, 0.29) is 6.10 Å². The van der Waals surface area contributed by atoms with Crippen LogP contribution in [0.4, 0.5) is 11.5 Å². The van der Waals surface area contributed by atoms with Gasteiger partial charge in [0.15, 0.2) is 0 Å². The van der Waals surface area contributed by atoms with Gasteiger partial charge in [0, 0.05) is 51.2 Å². The van der Waals surface area contributed by atoms with Gasteiger partial charge in [-0.2, -0.15) is 0 Å². The molecule has 0 bridgehead atoms. The van der Waals surface area contributed by atoms with Crippen LogP contribution in [0.1, 0.15) is 37.8 Å². The maximum atomic E-state index is 9.69. The number of nitrogens with zero attached hydrogens (tertiary/aromatic N) is 3. The second-order valence-corrected chi connectivity index (χ2v) is 7.75. The van der Waals surface area contributed by atoms with E-state index in [0.29, 0.717) is 6.04 Å². The van der Waals surface area contributed by atoms with Crippen molar-refractivity contribution in [1.82, 2.24) is 9.88 Å². The van der Waals surface area contributed by atoms with Crippen LogP contribution < -0.4 is 10.2 Å². The minimum atomic E-state index is -0.125. The summed E-state index contributed by atoms with van der Waals surface area (Å²) in [5.74, 6) is 1.00. The van der Waals surface area contributed by atoms with Gasteiger partial charge in [0.1, 0.15) is 5.82 Å². The summed E-state index contributed by atoms with van der Waals surface area (Å²) in [4.78, 5) is 9.18. The number of piperidine rings is 1. The number of likely N-dealkylation sites (tertiary alicyclic amines) is 1. The second-order valence-electron chi connectivity index (χ2n) is 7.75. The third kappa shape index (κ3) is 5.44. The highest BCUT2D eigenvalue weighted by Crippen LogP contribution is 2.21. The zero-order valence-corrected chi connectivity index (χ0v) is 16.7. The number of anilines is 2. The molecular formula is C22H32N4O. The predicted molar refractivity (Wildman–Crippen MR) is 112 cm³/mol. The second kappa shape index (κ2) is 9.20. The van der Waals surface area contributed by atoms with Gasteiger partial charge in [0.25, 0.3) is 0 Å². The Morgan fingerprint density at radius 3 is 2.59 bits per heavy atom. The fourth-order valence-electron chi connectivity index (χ4n) is 3.34. The predicted octanol–water partition coefficient (Wildman–Crippen LogP) is 3.50. The largest absolute Gasteiger partial charge is 0.393 e. The Hall–Kier alpha value is -2.11. The third-order valence-electron chi connectivity index (χ3n) is 5.40. The van der Waals surface area contributed by atoms with E-state index in [1.54, 1.807) is 0 Å². The van der Waals surface area contributed by atoms with Crippen molar-refractivity contribution in [2.45, 2.75) is 51.9 Å². The standard InChI is InChI=1S/C22H32N4O/c1-17(2)25(3)22-9-8-18(15-24-22)14-23-21-7-5-4-6-19(21)16-26-12-10-20(27)11-13-26/h4-9,15,17,20,23,27H,10-14,16H2,1-3H3. The molecule has 27 heavy (non-hydrogen) atoms. The summed E-state index contributed by atoms with van der Waals surface area (Å²) in [7, 11) is 2.07. The van der Waals surface area contributed by atoms with Crippen LogP contribution in [0.3, 0.4) is 0 Å². The first-order valence-corrected chi connectivity index (χ1v) is 9.93. The molecule has 1 saturated heterocycles. The van der Waals surface area contributed by atoms with Crippen LogP contribution in [-0.4, -0.2) is 47.3 Å². The number of para-hydroxylation sites is 1. The number of aromatic nitrogens is 1. The van der Waals surface area contributed by atoms with Crippen LogP contribution in [0.5, 0.6) is 0 Å². The Bertz CT molecular complexity index is 709. The van der Waals surface area contributed by atoms with Crippen molar-refractivity contribution in [3.05, 3.63) is 53.7 Å². The van der Waals surface area contributed by atoms with E-state index in [9.17, 15) is 5.11 Å². The summed E-state index contributed by atoms with van der Waals surface area (Å²) in [6, 6.07) is 13.2. The molecule has 2 aromatic rings. The van der Waals surface area contributed by atoms with E-state index in [1.165, 1.54) is 16.8 Å². The first-order chi connectivity index (χ1) is 13.0. The summed E-state index contributed by atoms with van der Waals surface area (Å²) >= 11 is 0. The molecule has 1 aromatic heterocycles. The zero-order chi connectivity index (χ0) is 19.2. The molecule has 1 aliphatic rings. The summed E-state index contributed by atoms with van der Waals surface area (Å²) < 4.78 is 0. The Balaban J connectivity index is 1.59. The number of hydrogen-bond acceptors (Lipinski definition) is 5. The molecule has 0 atom stereocenters. The summed E-state index contributed by atoms with van der Waals surface area (Å²) in [5.41, 5.74) is 3.65. The van der Waals surface area contributed by atoms with Crippen LogP contribution >= 0.6 is 0 Å². The molecule has 5 nitrogen and oxygen atoms in total. The van der Waals surface area contributed by atoms with Gasteiger partial charge in [-0.05, 0) is 49.9 Å². The smallest absolute Gasteiger partial charge is 0.128 e. The minimum absolute atomic E-state index is 0.125. The maximum Gasteiger partial charge on any atom is 0.128 e. The van der Waals surface area contributed by atoms with Crippen LogP contribution in [0.2, 0.25) is 0 Å². The quantitative estimate of drug-likeness (QED) is 0.783. The number of aliphatic hydroxyl groups is 1. The van der Waals surface area contributed by atoms with E-state index < -0.39 is 0 Å². The molecule has 2 N–H and O–H groups in total. The first-order valence-electron chi connectivity index (χ1n) is 9.93. The molecule has 146 valence electrons. The van der Waals surface area contributed by atoms with Crippen LogP contribution in [0.25, 0.3) is 0 Å². The fourth-order valence-corrected chi connectivity index (χ4v) is 3.34. The fraction of sp³-hybridized carbons (Fsp3) is 0.500. The SMILES string of the molecule is CC(C)N(C)c1ccc(CNc2ccccc2CN2CCC(O)CC2)cn1. The molecule has 0 amide bonds. The number of hydrogen-bond donors (Lipinski definition) is 2. The minimum Gasteiger partial charge on any atom is -0.393 e. The molecule has 1 aromatic carbocycles. The third-order valence-corrected chi connectivity index (χ3v) is 5.40. The van der Waals surface area contributed by atoms with E-state index >= 15 is 0 Å². The van der Waals surface area contributed by atoms with Crippen molar-refractivity contribution >= 4 is 11.5 Å². The van der Waals surface area contributed by atoms with Crippen molar-refractivity contribution in [3.8, 4) is 0 Å². The van der Waals surface area contributed by atoms with Crippen molar-refractivity contribution in [2.24, 2.45) is 0 Å². The highest BCUT2D eigenvalue weighted by atomic mass is 16.3. The Morgan fingerprint density at radius 2 is 1.93 bits per heavy atom. The van der Waals surface area contributed by atoms with Gasteiger partial charge in [-0.1, -0.05) is 24.3 Å². The Kier molecular flexibility index (Phi) is 6.69. The monoisotopic (exact) mass is 368 g/mol. The summed E-state index contributed by atoms with van der Waals surface area (Å²) in [5, 5.41) is 13.3. The van der Waals surface area contributed by atoms with E-state index in [2.05, 4.69) is 77.4 Å². The summed E-state index contributed by atoms with van der Waals surface area (Å²) in [6.07, 6.45) is 3.58. The van der Waals surface area contributed by atoms with Gasteiger partial charge in [-0.3, -0.25) is 4.90 Å². The number of benzene rings is 1. The van der Waals surface area contributed by atoms with E-state index in [1.807, 2.05) is 6.20 Å². The molecule has 1 fully saturated rings. The van der Waals surface area contributed by atoms with Crippen molar-refractivity contribution < 1.29 is 5.11 Å². The van der Waals surface area contributed by atoms with Crippen molar-refractivity contribution in [3.63, 3.8) is 0 Å². The molecule has 2 heterocycles. The Morgan fingerprint density at radius 1 is 1.19 bits per heavy atom. The summed E-state index contributed by atoms with van der Waals surface area (Å²) in [6.45, 7) is 7.93. The van der Waals surface area contributed by atoms with Gasteiger partial charge in [-0.25, -0.2) is 4.98 Å². The highest BCUT2D eigenvalue weighted by Gasteiger charge is 2.17. The lowest BCUT2D eigenvalue weighted by Crippen LogP contribution is -2.35. The molecule has 0 saturated carbocycles. The number of pyridine rings is 1. The zero-order valence-electron chi connectivity index (χ0n) is 16.7. The number of nitrogens with one attached hydrogen (secondary N) is 1. The average molecular weight is 369 g/mol.